The number of carbonyl (C=O) groups excluding carboxylic acids is 1. The molecular formula is C17H22N4O2. The van der Waals surface area contributed by atoms with E-state index in [4.69, 9.17) is 4.74 Å². The summed E-state index contributed by atoms with van der Waals surface area (Å²) < 4.78 is 7.84. The van der Waals surface area contributed by atoms with Crippen molar-refractivity contribution >= 4 is 5.91 Å². The summed E-state index contributed by atoms with van der Waals surface area (Å²) in [5, 5.41) is 8.41. The van der Waals surface area contributed by atoms with Gasteiger partial charge in [0.15, 0.2) is 11.9 Å². The molecule has 122 valence electrons. The molecule has 1 atom stereocenters. The fraction of sp³-hybridized carbons (Fsp3) is 0.471. The first-order valence-corrected chi connectivity index (χ1v) is 8.10. The monoisotopic (exact) mass is 314 g/mol. The fourth-order valence-corrected chi connectivity index (χ4v) is 2.94. The van der Waals surface area contributed by atoms with Gasteiger partial charge < -0.3 is 14.2 Å². The van der Waals surface area contributed by atoms with Gasteiger partial charge in [-0.15, -0.1) is 10.2 Å². The van der Waals surface area contributed by atoms with E-state index in [0.717, 1.165) is 30.2 Å². The van der Waals surface area contributed by atoms with Gasteiger partial charge in [-0.25, -0.2) is 0 Å². The molecule has 1 aliphatic rings. The second kappa shape index (κ2) is 6.91. The average molecular weight is 314 g/mol. The Morgan fingerprint density at radius 2 is 2.00 bits per heavy atom. The van der Waals surface area contributed by atoms with Crippen LogP contribution in [0.4, 0.5) is 0 Å². The van der Waals surface area contributed by atoms with E-state index < -0.39 is 6.10 Å². The molecule has 0 radical (unpaired) electrons. The van der Waals surface area contributed by atoms with Gasteiger partial charge in [0, 0.05) is 26.1 Å². The van der Waals surface area contributed by atoms with E-state index in [9.17, 15) is 4.79 Å². The molecule has 0 saturated carbocycles. The van der Waals surface area contributed by atoms with E-state index in [1.807, 2.05) is 42.2 Å². The summed E-state index contributed by atoms with van der Waals surface area (Å²) >= 11 is 0. The van der Waals surface area contributed by atoms with Gasteiger partial charge in [0.2, 0.25) is 0 Å². The Labute approximate surface area is 136 Å². The highest BCUT2D eigenvalue weighted by atomic mass is 16.5. The largest absolute Gasteiger partial charge is 0.364 e. The van der Waals surface area contributed by atoms with Crippen LogP contribution in [0.1, 0.15) is 37.2 Å². The molecule has 0 aliphatic carbocycles. The van der Waals surface area contributed by atoms with Crippen molar-refractivity contribution in [3.63, 3.8) is 0 Å². The molecule has 6 nitrogen and oxygen atoms in total. The second-order valence-corrected chi connectivity index (χ2v) is 5.54. The number of ether oxygens (including phenoxy) is 1. The van der Waals surface area contributed by atoms with Crippen molar-refractivity contribution in [3.05, 3.63) is 47.5 Å². The minimum Gasteiger partial charge on any atom is -0.364 e. The molecule has 0 unspecified atom stereocenters. The van der Waals surface area contributed by atoms with E-state index >= 15 is 0 Å². The van der Waals surface area contributed by atoms with Crippen molar-refractivity contribution in [1.29, 1.82) is 0 Å². The van der Waals surface area contributed by atoms with Crippen LogP contribution in [0.15, 0.2) is 30.3 Å². The van der Waals surface area contributed by atoms with Crippen molar-refractivity contribution < 1.29 is 9.53 Å². The lowest BCUT2D eigenvalue weighted by atomic mass is 10.1. The van der Waals surface area contributed by atoms with Crippen LogP contribution in [0.5, 0.6) is 0 Å². The maximum Gasteiger partial charge on any atom is 0.256 e. The Morgan fingerprint density at radius 3 is 2.70 bits per heavy atom. The Bertz CT molecular complexity index is 668. The molecule has 3 rings (SSSR count). The smallest absolute Gasteiger partial charge is 0.256 e. The molecule has 0 bridgehead atoms. The fourth-order valence-electron chi connectivity index (χ4n) is 2.94. The van der Waals surface area contributed by atoms with Gasteiger partial charge >= 0.3 is 0 Å². The molecule has 1 aromatic heterocycles. The maximum absolute atomic E-state index is 12.9. The number of benzene rings is 1. The van der Waals surface area contributed by atoms with Gasteiger partial charge in [0.05, 0.1) is 6.54 Å². The summed E-state index contributed by atoms with van der Waals surface area (Å²) in [4.78, 5) is 14.7. The maximum atomic E-state index is 12.9. The Hall–Kier alpha value is -2.21. The quantitative estimate of drug-likeness (QED) is 0.846. The van der Waals surface area contributed by atoms with Crippen LogP contribution in [-0.4, -0.2) is 38.7 Å². The van der Waals surface area contributed by atoms with Crippen molar-refractivity contribution in [2.75, 3.05) is 13.2 Å². The average Bonchev–Trinajstić information content (AvgIpc) is 3.02. The van der Waals surface area contributed by atoms with Gasteiger partial charge in [0.1, 0.15) is 5.82 Å². The van der Waals surface area contributed by atoms with Crippen LogP contribution in [0.3, 0.4) is 0 Å². The number of fused-ring (bicyclic) bond motifs is 1. The van der Waals surface area contributed by atoms with Gasteiger partial charge in [-0.2, -0.15) is 0 Å². The van der Waals surface area contributed by atoms with Gasteiger partial charge in [-0.05, 0) is 12.5 Å². The SMILES string of the molecule is CCO[C@H](C(=O)N1CCn2c(CC)nnc2C1)c1ccccc1. The van der Waals surface area contributed by atoms with Crippen LogP contribution >= 0.6 is 0 Å². The van der Waals surface area contributed by atoms with Crippen LogP contribution < -0.4 is 0 Å². The van der Waals surface area contributed by atoms with E-state index in [1.165, 1.54) is 0 Å². The van der Waals surface area contributed by atoms with Crippen molar-refractivity contribution in [1.82, 2.24) is 19.7 Å². The molecule has 0 N–H and O–H groups in total. The number of rotatable bonds is 5. The predicted molar refractivity (Wildman–Crippen MR) is 85.6 cm³/mol. The molecule has 2 aromatic rings. The molecule has 23 heavy (non-hydrogen) atoms. The molecule has 1 amide bonds. The Balaban J connectivity index is 1.79. The van der Waals surface area contributed by atoms with Crippen LogP contribution in [0.25, 0.3) is 0 Å². The van der Waals surface area contributed by atoms with Crippen LogP contribution in [-0.2, 0) is 29.0 Å². The number of nitrogens with zero attached hydrogens (tertiary/aromatic N) is 4. The van der Waals surface area contributed by atoms with Crippen molar-refractivity contribution in [2.45, 2.75) is 39.5 Å². The zero-order valence-corrected chi connectivity index (χ0v) is 13.6. The number of amides is 1. The van der Waals surface area contributed by atoms with E-state index in [1.54, 1.807) is 0 Å². The Kier molecular flexibility index (Phi) is 4.71. The summed E-state index contributed by atoms with van der Waals surface area (Å²) in [6, 6.07) is 9.65. The highest BCUT2D eigenvalue weighted by molar-refractivity contribution is 5.82. The molecule has 0 fully saturated rings. The first kappa shape index (κ1) is 15.7. The van der Waals surface area contributed by atoms with Crippen molar-refractivity contribution in [2.24, 2.45) is 0 Å². The molecule has 1 aliphatic heterocycles. The third-order valence-corrected chi connectivity index (χ3v) is 4.12. The van der Waals surface area contributed by atoms with E-state index in [2.05, 4.69) is 21.7 Å². The topological polar surface area (TPSA) is 60.2 Å². The highest BCUT2D eigenvalue weighted by Crippen LogP contribution is 2.23. The van der Waals surface area contributed by atoms with E-state index in [-0.39, 0.29) is 5.91 Å². The van der Waals surface area contributed by atoms with Gasteiger partial charge in [0.25, 0.3) is 5.91 Å². The third-order valence-electron chi connectivity index (χ3n) is 4.12. The first-order chi connectivity index (χ1) is 11.2. The molecule has 1 aromatic carbocycles. The lowest BCUT2D eigenvalue weighted by Crippen LogP contribution is -2.41. The summed E-state index contributed by atoms with van der Waals surface area (Å²) in [6.45, 7) is 6.36. The minimum absolute atomic E-state index is 0.00894. The predicted octanol–water partition coefficient (Wildman–Crippen LogP) is 1.96. The summed E-state index contributed by atoms with van der Waals surface area (Å²) in [7, 11) is 0. The minimum atomic E-state index is -0.554. The number of hydrogen-bond donors (Lipinski definition) is 0. The normalized spacial score (nSPS) is 15.3. The van der Waals surface area contributed by atoms with E-state index in [0.29, 0.717) is 19.7 Å². The lowest BCUT2D eigenvalue weighted by Gasteiger charge is -2.31. The molecule has 2 heterocycles. The lowest BCUT2D eigenvalue weighted by molar-refractivity contribution is -0.145. The zero-order valence-electron chi connectivity index (χ0n) is 13.6. The first-order valence-electron chi connectivity index (χ1n) is 8.10. The van der Waals surface area contributed by atoms with Crippen LogP contribution in [0.2, 0.25) is 0 Å². The van der Waals surface area contributed by atoms with Gasteiger partial charge in [-0.1, -0.05) is 37.3 Å². The standard InChI is InChI=1S/C17H22N4O2/c1-3-14-18-19-15-12-20(10-11-21(14)15)17(22)16(23-4-2)13-8-6-5-7-9-13/h5-9,16H,3-4,10-12H2,1-2H3/t16-/m0/s1. The summed E-state index contributed by atoms with van der Waals surface area (Å²) in [5.74, 6) is 1.83. The number of carbonyl (C=O) groups is 1. The van der Waals surface area contributed by atoms with Crippen molar-refractivity contribution in [3.8, 4) is 0 Å². The summed E-state index contributed by atoms with van der Waals surface area (Å²) in [5.41, 5.74) is 0.889. The summed E-state index contributed by atoms with van der Waals surface area (Å²) in [6.07, 6.45) is 0.299. The number of hydrogen-bond acceptors (Lipinski definition) is 4. The van der Waals surface area contributed by atoms with Gasteiger partial charge in [-0.3, -0.25) is 4.79 Å². The molecule has 0 saturated heterocycles. The molecule has 6 heteroatoms. The number of aromatic nitrogens is 3. The molecular weight excluding hydrogens is 292 g/mol. The second-order valence-electron chi connectivity index (χ2n) is 5.54. The molecule has 0 spiro atoms. The zero-order chi connectivity index (χ0) is 16.2. The van der Waals surface area contributed by atoms with Crippen LogP contribution in [0, 0.1) is 0 Å². The number of aryl methyl sites for hydroxylation is 1. The third kappa shape index (κ3) is 3.12. The Morgan fingerprint density at radius 1 is 1.22 bits per heavy atom. The highest BCUT2D eigenvalue weighted by Gasteiger charge is 2.30.